The van der Waals surface area contributed by atoms with Gasteiger partial charge < -0.3 is 19.8 Å². The van der Waals surface area contributed by atoms with E-state index >= 15 is 0 Å². The van der Waals surface area contributed by atoms with Crippen molar-refractivity contribution in [2.24, 2.45) is 0 Å². The van der Waals surface area contributed by atoms with Gasteiger partial charge in [-0.05, 0) is 47.2 Å². The molecule has 198 valence electrons. The van der Waals surface area contributed by atoms with E-state index in [1.54, 1.807) is 32.4 Å². The first-order valence-corrected chi connectivity index (χ1v) is 14.0. The molecule has 0 spiro atoms. The number of carbonyl (C=O) groups excluding carboxylic acids is 1. The topological polar surface area (TPSA) is 127 Å². The molecule has 0 atom stereocenters. The third kappa shape index (κ3) is 7.14. The Kier molecular flexibility index (Phi) is 9.03. The fourth-order valence-corrected chi connectivity index (χ4v) is 5.36. The van der Waals surface area contributed by atoms with Crippen LogP contribution in [0.3, 0.4) is 0 Å². The second-order valence-electron chi connectivity index (χ2n) is 9.24. The first kappa shape index (κ1) is 28.3. The average molecular weight is 546 g/mol. The van der Waals surface area contributed by atoms with Gasteiger partial charge in [0.2, 0.25) is 15.7 Å². The fourth-order valence-electron chi connectivity index (χ4n) is 3.46. The van der Waals surface area contributed by atoms with Crippen LogP contribution < -0.4 is 20.3 Å². The Morgan fingerprint density at radius 3 is 2.32 bits per heavy atom. The Balaban J connectivity index is 1.57. The predicted octanol–water partition coefficient (Wildman–Crippen LogP) is 3.37. The Morgan fingerprint density at radius 2 is 1.73 bits per heavy atom. The standard InChI is InChI=1S/C26H31N3O6S2/c1-26(2,3)18-7-9-19(10-8-18)37(32,33)22-15-28-25(29-24(22)31)36-16-23(30)27-13-12-17-6-11-20(34-4)21(14-17)35-5/h6-11,14-15H,12-13,16H2,1-5H3,(H,27,30)(H,28,29,31). The van der Waals surface area contributed by atoms with Crippen LogP contribution in [-0.2, 0) is 26.5 Å². The van der Waals surface area contributed by atoms with Gasteiger partial charge >= 0.3 is 0 Å². The number of nitrogens with zero attached hydrogens (tertiary/aromatic N) is 1. The molecule has 11 heteroatoms. The first-order chi connectivity index (χ1) is 17.5. The van der Waals surface area contributed by atoms with Gasteiger partial charge in [0.25, 0.3) is 5.56 Å². The average Bonchev–Trinajstić information content (AvgIpc) is 2.86. The summed E-state index contributed by atoms with van der Waals surface area (Å²) >= 11 is 1.01. The monoisotopic (exact) mass is 545 g/mol. The molecule has 1 aromatic heterocycles. The molecule has 0 aliphatic carbocycles. The van der Waals surface area contributed by atoms with Crippen LogP contribution in [0.2, 0.25) is 0 Å². The summed E-state index contributed by atoms with van der Waals surface area (Å²) in [5.41, 5.74) is 1.04. The Labute approximate surface area is 220 Å². The molecule has 0 fully saturated rings. The Hall–Kier alpha value is -3.31. The van der Waals surface area contributed by atoms with Gasteiger partial charge in [0.05, 0.1) is 31.1 Å². The van der Waals surface area contributed by atoms with Crippen molar-refractivity contribution in [2.75, 3.05) is 26.5 Å². The lowest BCUT2D eigenvalue weighted by Crippen LogP contribution is -2.27. The number of ether oxygens (including phenoxy) is 2. The third-order valence-electron chi connectivity index (χ3n) is 5.59. The maximum Gasteiger partial charge on any atom is 0.270 e. The number of methoxy groups -OCH3 is 2. The van der Waals surface area contributed by atoms with Crippen molar-refractivity contribution in [1.29, 1.82) is 0 Å². The van der Waals surface area contributed by atoms with Gasteiger partial charge in [-0.2, -0.15) is 0 Å². The van der Waals surface area contributed by atoms with Crippen molar-refractivity contribution in [1.82, 2.24) is 15.3 Å². The van der Waals surface area contributed by atoms with Crippen molar-refractivity contribution in [3.05, 3.63) is 70.1 Å². The lowest BCUT2D eigenvalue weighted by molar-refractivity contribution is -0.118. The molecule has 2 aromatic carbocycles. The van der Waals surface area contributed by atoms with Crippen molar-refractivity contribution in [2.45, 2.75) is 47.6 Å². The smallest absolute Gasteiger partial charge is 0.270 e. The number of hydrogen-bond acceptors (Lipinski definition) is 8. The number of thioether (sulfide) groups is 1. The van der Waals surface area contributed by atoms with Crippen molar-refractivity contribution in [3.8, 4) is 11.5 Å². The highest BCUT2D eigenvalue weighted by Gasteiger charge is 2.23. The van der Waals surface area contributed by atoms with E-state index in [9.17, 15) is 18.0 Å². The van der Waals surface area contributed by atoms with Crippen LogP contribution in [0, 0.1) is 0 Å². The summed E-state index contributed by atoms with van der Waals surface area (Å²) in [6.45, 7) is 6.49. The molecule has 2 N–H and O–H groups in total. The minimum atomic E-state index is -4.04. The number of nitrogens with one attached hydrogen (secondary N) is 2. The molecule has 3 rings (SSSR count). The van der Waals surface area contributed by atoms with Crippen LogP contribution in [-0.4, -0.2) is 50.8 Å². The number of sulfone groups is 1. The van der Waals surface area contributed by atoms with E-state index in [2.05, 4.69) is 15.3 Å². The molecule has 0 aliphatic rings. The molecule has 1 heterocycles. The SMILES string of the molecule is COc1ccc(CCNC(=O)CSc2ncc(S(=O)(=O)c3ccc(C(C)(C)C)cc3)c(=O)[nH]2)cc1OC. The summed E-state index contributed by atoms with van der Waals surface area (Å²) in [6.07, 6.45) is 1.62. The van der Waals surface area contributed by atoms with Gasteiger partial charge in [0, 0.05) is 6.54 Å². The second kappa shape index (κ2) is 11.8. The van der Waals surface area contributed by atoms with Crippen LogP contribution in [0.15, 0.2) is 68.4 Å². The summed E-state index contributed by atoms with van der Waals surface area (Å²) in [7, 11) is -0.914. The number of hydrogen-bond donors (Lipinski definition) is 2. The summed E-state index contributed by atoms with van der Waals surface area (Å²) in [5.74, 6) is 1.01. The van der Waals surface area contributed by atoms with Crippen molar-refractivity contribution in [3.63, 3.8) is 0 Å². The van der Waals surface area contributed by atoms with E-state index < -0.39 is 20.3 Å². The number of rotatable bonds is 10. The molecule has 0 aliphatic heterocycles. The van der Waals surface area contributed by atoms with Gasteiger partial charge in [-0.15, -0.1) is 0 Å². The number of H-pyrrole nitrogens is 1. The lowest BCUT2D eigenvalue weighted by atomic mass is 9.87. The number of carbonyl (C=O) groups is 1. The molecule has 0 saturated heterocycles. The van der Waals surface area contributed by atoms with E-state index in [-0.39, 0.29) is 27.1 Å². The molecular weight excluding hydrogens is 514 g/mol. The number of amides is 1. The highest BCUT2D eigenvalue weighted by Crippen LogP contribution is 2.28. The molecule has 0 saturated carbocycles. The molecule has 0 radical (unpaired) electrons. The second-order valence-corrected chi connectivity index (χ2v) is 12.1. The number of aromatic amines is 1. The first-order valence-electron chi connectivity index (χ1n) is 11.5. The molecule has 0 unspecified atom stereocenters. The summed E-state index contributed by atoms with van der Waals surface area (Å²) in [5, 5.41) is 2.96. The molecule has 9 nitrogen and oxygen atoms in total. The van der Waals surface area contributed by atoms with Crippen LogP contribution in [0.25, 0.3) is 0 Å². The number of aromatic nitrogens is 2. The van der Waals surface area contributed by atoms with Gasteiger partial charge in [-0.25, -0.2) is 13.4 Å². The zero-order chi connectivity index (χ0) is 27.2. The summed E-state index contributed by atoms with van der Waals surface area (Å²) < 4.78 is 36.4. The summed E-state index contributed by atoms with van der Waals surface area (Å²) in [4.78, 5) is 30.9. The van der Waals surface area contributed by atoms with Crippen molar-refractivity contribution >= 4 is 27.5 Å². The van der Waals surface area contributed by atoms with Crippen LogP contribution >= 0.6 is 11.8 Å². The van der Waals surface area contributed by atoms with Crippen LogP contribution in [0.1, 0.15) is 31.9 Å². The van der Waals surface area contributed by atoms with E-state index in [0.717, 1.165) is 29.1 Å². The normalized spacial score (nSPS) is 11.7. The minimum Gasteiger partial charge on any atom is -0.493 e. The zero-order valence-corrected chi connectivity index (χ0v) is 23.1. The Bertz CT molecular complexity index is 1410. The highest BCUT2D eigenvalue weighted by molar-refractivity contribution is 7.99. The molecule has 1 amide bonds. The molecule has 37 heavy (non-hydrogen) atoms. The van der Waals surface area contributed by atoms with Crippen LogP contribution in [0.5, 0.6) is 11.5 Å². The zero-order valence-electron chi connectivity index (χ0n) is 21.5. The molecular formula is C26H31N3O6S2. The molecule has 0 bridgehead atoms. The van der Waals surface area contributed by atoms with E-state index in [1.165, 1.54) is 12.1 Å². The third-order valence-corrected chi connectivity index (χ3v) is 8.24. The molecule has 3 aromatic rings. The Morgan fingerprint density at radius 1 is 1.05 bits per heavy atom. The summed E-state index contributed by atoms with van der Waals surface area (Å²) in [6, 6.07) is 12.0. The van der Waals surface area contributed by atoms with Gasteiger partial charge in [-0.1, -0.05) is 50.7 Å². The van der Waals surface area contributed by atoms with Gasteiger partial charge in [0.1, 0.15) is 0 Å². The van der Waals surface area contributed by atoms with Crippen molar-refractivity contribution < 1.29 is 22.7 Å². The lowest BCUT2D eigenvalue weighted by Gasteiger charge is -2.19. The van der Waals surface area contributed by atoms with E-state index in [0.29, 0.717) is 24.5 Å². The van der Waals surface area contributed by atoms with Crippen LogP contribution in [0.4, 0.5) is 0 Å². The maximum atomic E-state index is 13.0. The highest BCUT2D eigenvalue weighted by atomic mass is 32.2. The minimum absolute atomic E-state index is 0.00916. The number of benzene rings is 2. The quantitative estimate of drug-likeness (QED) is 0.293. The predicted molar refractivity (Wildman–Crippen MR) is 142 cm³/mol. The van der Waals surface area contributed by atoms with Gasteiger partial charge in [0.15, 0.2) is 21.6 Å². The maximum absolute atomic E-state index is 13.0. The fraction of sp³-hybridized carbons (Fsp3) is 0.346. The van der Waals surface area contributed by atoms with Gasteiger partial charge in [-0.3, -0.25) is 9.59 Å². The largest absolute Gasteiger partial charge is 0.493 e. The van der Waals surface area contributed by atoms with E-state index in [4.69, 9.17) is 9.47 Å². The van der Waals surface area contributed by atoms with E-state index in [1.807, 2.05) is 32.9 Å².